The number of esters is 1. The van der Waals surface area contributed by atoms with Crippen LogP contribution in [0.15, 0.2) is 4.99 Å². The summed E-state index contributed by atoms with van der Waals surface area (Å²) in [6.45, 7) is 6.11. The standard InChI is InChI=1S/C17H31N3O4.HI/c1-4-24-15(21)14-5-9-20(10-6-14)16(18-2)19-13-17(22-3)7-11-23-12-8-17;/h14H,4-13H2,1-3H3,(H,18,19);1H. The minimum Gasteiger partial charge on any atom is -0.466 e. The number of halogens is 1. The molecule has 0 unspecified atom stereocenters. The number of hydrogen-bond acceptors (Lipinski definition) is 5. The van der Waals surface area contributed by atoms with Crippen LogP contribution in [0, 0.1) is 5.92 Å². The maximum atomic E-state index is 11.8. The van der Waals surface area contributed by atoms with Gasteiger partial charge in [0.15, 0.2) is 5.96 Å². The number of carbonyl (C=O) groups excluding carboxylic acids is 1. The van der Waals surface area contributed by atoms with E-state index in [1.165, 1.54) is 0 Å². The zero-order chi connectivity index (χ0) is 17.4. The minimum atomic E-state index is -0.183. The lowest BCUT2D eigenvalue weighted by atomic mass is 9.94. The summed E-state index contributed by atoms with van der Waals surface area (Å²) in [6.07, 6.45) is 3.39. The molecule has 0 aromatic rings. The summed E-state index contributed by atoms with van der Waals surface area (Å²) in [5, 5.41) is 3.45. The molecule has 2 saturated heterocycles. The molecular formula is C17H32IN3O4. The molecule has 7 nitrogen and oxygen atoms in total. The molecule has 146 valence electrons. The van der Waals surface area contributed by atoms with Gasteiger partial charge in [-0.15, -0.1) is 24.0 Å². The van der Waals surface area contributed by atoms with Crippen LogP contribution < -0.4 is 5.32 Å². The van der Waals surface area contributed by atoms with Crippen LogP contribution in [0.1, 0.15) is 32.6 Å². The van der Waals surface area contributed by atoms with Crippen molar-refractivity contribution in [2.75, 3.05) is 53.6 Å². The molecule has 2 heterocycles. The Bertz CT molecular complexity index is 434. The molecule has 25 heavy (non-hydrogen) atoms. The summed E-state index contributed by atoms with van der Waals surface area (Å²) in [5.41, 5.74) is -0.183. The molecule has 0 saturated carbocycles. The molecule has 0 aromatic carbocycles. The fourth-order valence-electron chi connectivity index (χ4n) is 3.36. The van der Waals surface area contributed by atoms with Crippen LogP contribution in [-0.2, 0) is 19.0 Å². The third kappa shape index (κ3) is 6.25. The molecule has 2 fully saturated rings. The Kier molecular flexibility index (Phi) is 10.0. The normalized spacial score (nSPS) is 21.4. The number of guanidine groups is 1. The smallest absolute Gasteiger partial charge is 0.309 e. The van der Waals surface area contributed by atoms with E-state index in [2.05, 4.69) is 15.2 Å². The highest BCUT2D eigenvalue weighted by Crippen LogP contribution is 2.24. The summed E-state index contributed by atoms with van der Waals surface area (Å²) < 4.78 is 16.3. The van der Waals surface area contributed by atoms with Gasteiger partial charge < -0.3 is 24.4 Å². The number of nitrogens with zero attached hydrogens (tertiary/aromatic N) is 2. The van der Waals surface area contributed by atoms with Crippen LogP contribution in [0.3, 0.4) is 0 Å². The summed E-state index contributed by atoms with van der Waals surface area (Å²) in [7, 11) is 3.56. The molecule has 2 aliphatic rings. The predicted molar refractivity (Wildman–Crippen MR) is 107 cm³/mol. The number of nitrogens with one attached hydrogen (secondary N) is 1. The molecule has 0 atom stereocenters. The minimum absolute atomic E-state index is 0. The third-order valence-electron chi connectivity index (χ3n) is 5.03. The number of ether oxygens (including phenoxy) is 3. The molecule has 8 heteroatoms. The van der Waals surface area contributed by atoms with Gasteiger partial charge in [-0.3, -0.25) is 9.79 Å². The Morgan fingerprint density at radius 2 is 1.96 bits per heavy atom. The van der Waals surface area contributed by atoms with Crippen LogP contribution in [-0.4, -0.2) is 76.0 Å². The number of aliphatic imine (C=N–C) groups is 1. The van der Waals surface area contributed by atoms with Crippen LogP contribution in [0.5, 0.6) is 0 Å². The average molecular weight is 469 g/mol. The number of methoxy groups -OCH3 is 1. The summed E-state index contributed by atoms with van der Waals surface area (Å²) in [4.78, 5) is 18.4. The summed E-state index contributed by atoms with van der Waals surface area (Å²) >= 11 is 0. The Morgan fingerprint density at radius 1 is 1.32 bits per heavy atom. The quantitative estimate of drug-likeness (QED) is 0.286. The van der Waals surface area contributed by atoms with E-state index < -0.39 is 0 Å². The second kappa shape index (κ2) is 11.2. The van der Waals surface area contributed by atoms with E-state index in [-0.39, 0.29) is 41.5 Å². The van der Waals surface area contributed by atoms with E-state index in [1.54, 1.807) is 14.2 Å². The number of carbonyl (C=O) groups is 1. The fraction of sp³-hybridized carbons (Fsp3) is 0.882. The van der Waals surface area contributed by atoms with Crippen molar-refractivity contribution < 1.29 is 19.0 Å². The first-order chi connectivity index (χ1) is 11.6. The first-order valence-corrected chi connectivity index (χ1v) is 8.89. The van der Waals surface area contributed by atoms with Gasteiger partial charge in [-0.2, -0.15) is 0 Å². The topological polar surface area (TPSA) is 72.4 Å². The average Bonchev–Trinajstić information content (AvgIpc) is 2.63. The Morgan fingerprint density at radius 3 is 2.48 bits per heavy atom. The zero-order valence-corrected chi connectivity index (χ0v) is 17.9. The van der Waals surface area contributed by atoms with Gasteiger partial charge in [-0.25, -0.2) is 0 Å². The molecule has 0 aromatic heterocycles. The van der Waals surface area contributed by atoms with Crippen LogP contribution in [0.4, 0.5) is 0 Å². The monoisotopic (exact) mass is 469 g/mol. The number of likely N-dealkylation sites (tertiary alicyclic amines) is 1. The van der Waals surface area contributed by atoms with Crippen molar-refractivity contribution >= 4 is 35.9 Å². The molecule has 0 aliphatic carbocycles. The SMILES string of the molecule is CCOC(=O)C1CCN(C(=NC)NCC2(OC)CCOCC2)CC1.I. The summed E-state index contributed by atoms with van der Waals surface area (Å²) in [6, 6.07) is 0. The molecule has 0 radical (unpaired) electrons. The molecule has 1 N–H and O–H groups in total. The largest absolute Gasteiger partial charge is 0.466 e. The lowest BCUT2D eigenvalue weighted by Gasteiger charge is -2.38. The second-order valence-electron chi connectivity index (χ2n) is 6.41. The fourth-order valence-corrected chi connectivity index (χ4v) is 3.36. The molecular weight excluding hydrogens is 437 g/mol. The van der Waals surface area contributed by atoms with Gasteiger partial charge in [0.1, 0.15) is 0 Å². The molecule has 0 spiro atoms. The molecule has 0 bridgehead atoms. The molecule has 2 rings (SSSR count). The van der Waals surface area contributed by atoms with Crippen molar-refractivity contribution in [2.24, 2.45) is 10.9 Å². The lowest BCUT2D eigenvalue weighted by Crippen LogP contribution is -2.53. The van der Waals surface area contributed by atoms with E-state index in [0.29, 0.717) is 6.61 Å². The number of rotatable bonds is 5. The Balaban J connectivity index is 0.00000312. The van der Waals surface area contributed by atoms with Crippen molar-refractivity contribution in [3.63, 3.8) is 0 Å². The van der Waals surface area contributed by atoms with Gasteiger partial charge in [-0.05, 0) is 19.8 Å². The van der Waals surface area contributed by atoms with Gasteiger partial charge in [-0.1, -0.05) is 0 Å². The highest BCUT2D eigenvalue weighted by atomic mass is 127. The third-order valence-corrected chi connectivity index (χ3v) is 5.03. The van der Waals surface area contributed by atoms with Gasteiger partial charge >= 0.3 is 5.97 Å². The summed E-state index contributed by atoms with van der Waals surface area (Å²) in [5.74, 6) is 0.820. The Hall–Kier alpha value is -0.610. The van der Waals surface area contributed by atoms with Gasteiger partial charge in [0.05, 0.1) is 18.1 Å². The number of hydrogen-bond donors (Lipinski definition) is 1. The molecule has 0 amide bonds. The van der Waals surface area contributed by atoms with E-state index in [9.17, 15) is 4.79 Å². The lowest BCUT2D eigenvalue weighted by molar-refractivity contribution is -0.149. The predicted octanol–water partition coefficient (Wildman–Crippen LogP) is 1.65. The van der Waals surface area contributed by atoms with Crippen molar-refractivity contribution in [3.8, 4) is 0 Å². The number of piperidine rings is 1. The highest BCUT2D eigenvalue weighted by Gasteiger charge is 2.33. The first kappa shape index (κ1) is 22.4. The van der Waals surface area contributed by atoms with Crippen LogP contribution in [0.25, 0.3) is 0 Å². The first-order valence-electron chi connectivity index (χ1n) is 8.89. The van der Waals surface area contributed by atoms with Crippen LogP contribution in [0.2, 0.25) is 0 Å². The maximum absolute atomic E-state index is 11.8. The zero-order valence-electron chi connectivity index (χ0n) is 15.6. The van der Waals surface area contributed by atoms with Crippen molar-refractivity contribution in [3.05, 3.63) is 0 Å². The van der Waals surface area contributed by atoms with Crippen molar-refractivity contribution in [1.82, 2.24) is 10.2 Å². The Labute approximate surface area is 167 Å². The second-order valence-corrected chi connectivity index (χ2v) is 6.41. The highest BCUT2D eigenvalue weighted by molar-refractivity contribution is 14.0. The van der Waals surface area contributed by atoms with E-state index in [1.807, 2.05) is 6.92 Å². The van der Waals surface area contributed by atoms with Crippen molar-refractivity contribution in [1.29, 1.82) is 0 Å². The van der Waals surface area contributed by atoms with Gasteiger partial charge in [0.2, 0.25) is 0 Å². The molecule has 2 aliphatic heterocycles. The van der Waals surface area contributed by atoms with E-state index >= 15 is 0 Å². The van der Waals surface area contributed by atoms with Gasteiger partial charge in [0, 0.05) is 59.8 Å². The van der Waals surface area contributed by atoms with Crippen molar-refractivity contribution in [2.45, 2.75) is 38.2 Å². The van der Waals surface area contributed by atoms with E-state index in [4.69, 9.17) is 14.2 Å². The maximum Gasteiger partial charge on any atom is 0.309 e. The van der Waals surface area contributed by atoms with Crippen LogP contribution >= 0.6 is 24.0 Å². The van der Waals surface area contributed by atoms with Gasteiger partial charge in [0.25, 0.3) is 0 Å². The van der Waals surface area contributed by atoms with E-state index in [0.717, 1.165) is 64.5 Å².